The molecule has 0 radical (unpaired) electrons. The van der Waals surface area contributed by atoms with Crippen molar-refractivity contribution in [3.8, 4) is 0 Å². The molecule has 1 aliphatic heterocycles. The molecule has 8 heteroatoms. The van der Waals surface area contributed by atoms with E-state index in [1.165, 1.54) is 0 Å². The van der Waals surface area contributed by atoms with Gasteiger partial charge in [0.25, 0.3) is 11.8 Å². The lowest BCUT2D eigenvalue weighted by molar-refractivity contribution is -0.152. The molecule has 0 spiro atoms. The minimum Gasteiger partial charge on any atom is -0.455 e. The SMILES string of the molecule is CCc1ccccc1N1C[C@@H](C(=O)OCC(=O)NNC(=O)c2ccccc2)CC1=O. The third-order valence-corrected chi connectivity index (χ3v) is 4.82. The van der Waals surface area contributed by atoms with Crippen molar-refractivity contribution < 1.29 is 23.9 Å². The Hall–Kier alpha value is -3.68. The number of hydrazine groups is 1. The number of nitrogens with zero attached hydrogens (tertiary/aromatic N) is 1. The number of amides is 3. The number of hydrogen-bond acceptors (Lipinski definition) is 5. The second-order valence-corrected chi connectivity index (χ2v) is 6.86. The molecule has 156 valence electrons. The Morgan fingerprint density at radius 1 is 1.03 bits per heavy atom. The predicted octanol–water partition coefficient (Wildman–Crippen LogP) is 1.61. The summed E-state index contributed by atoms with van der Waals surface area (Å²) in [6.07, 6.45) is 0.799. The number of carbonyl (C=O) groups is 4. The van der Waals surface area contributed by atoms with Gasteiger partial charge in [-0.1, -0.05) is 43.3 Å². The van der Waals surface area contributed by atoms with Crippen molar-refractivity contribution in [2.45, 2.75) is 19.8 Å². The van der Waals surface area contributed by atoms with Crippen molar-refractivity contribution in [2.75, 3.05) is 18.1 Å². The maximum Gasteiger partial charge on any atom is 0.311 e. The Kier molecular flexibility index (Phi) is 6.79. The Labute approximate surface area is 174 Å². The molecule has 30 heavy (non-hydrogen) atoms. The van der Waals surface area contributed by atoms with Crippen LogP contribution >= 0.6 is 0 Å². The predicted molar refractivity (Wildman–Crippen MR) is 109 cm³/mol. The van der Waals surface area contributed by atoms with Gasteiger partial charge in [-0.2, -0.15) is 0 Å². The highest BCUT2D eigenvalue weighted by Gasteiger charge is 2.37. The number of nitrogens with one attached hydrogen (secondary N) is 2. The lowest BCUT2D eigenvalue weighted by atomic mass is 10.1. The molecule has 3 rings (SSSR count). The molecule has 2 aromatic rings. The number of anilines is 1. The fourth-order valence-electron chi connectivity index (χ4n) is 3.25. The van der Waals surface area contributed by atoms with Crippen molar-refractivity contribution >= 4 is 29.4 Å². The number of aryl methyl sites for hydroxylation is 1. The van der Waals surface area contributed by atoms with Gasteiger partial charge in [0.05, 0.1) is 5.92 Å². The van der Waals surface area contributed by atoms with E-state index < -0.39 is 30.3 Å². The fourth-order valence-corrected chi connectivity index (χ4v) is 3.25. The van der Waals surface area contributed by atoms with Gasteiger partial charge in [0.15, 0.2) is 6.61 Å². The van der Waals surface area contributed by atoms with Crippen molar-refractivity contribution in [2.24, 2.45) is 5.92 Å². The lowest BCUT2D eigenvalue weighted by Crippen LogP contribution is -2.43. The summed E-state index contributed by atoms with van der Waals surface area (Å²) in [5, 5.41) is 0. The van der Waals surface area contributed by atoms with Gasteiger partial charge in [0, 0.05) is 24.2 Å². The summed E-state index contributed by atoms with van der Waals surface area (Å²) in [5.74, 6) is -2.58. The summed E-state index contributed by atoms with van der Waals surface area (Å²) in [4.78, 5) is 50.0. The monoisotopic (exact) mass is 409 g/mol. The van der Waals surface area contributed by atoms with E-state index in [2.05, 4.69) is 10.9 Å². The molecule has 0 bridgehead atoms. The molecule has 1 atom stereocenters. The van der Waals surface area contributed by atoms with Gasteiger partial charge in [-0.3, -0.25) is 30.0 Å². The van der Waals surface area contributed by atoms with Crippen LogP contribution in [-0.4, -0.2) is 36.8 Å². The van der Waals surface area contributed by atoms with Gasteiger partial charge < -0.3 is 9.64 Å². The first-order valence-corrected chi connectivity index (χ1v) is 9.68. The number of rotatable bonds is 6. The first-order valence-electron chi connectivity index (χ1n) is 9.68. The van der Waals surface area contributed by atoms with Crippen LogP contribution in [0.5, 0.6) is 0 Å². The van der Waals surface area contributed by atoms with Crippen LogP contribution in [-0.2, 0) is 25.5 Å². The summed E-state index contributed by atoms with van der Waals surface area (Å²) in [7, 11) is 0. The van der Waals surface area contributed by atoms with Crippen molar-refractivity contribution in [3.63, 3.8) is 0 Å². The van der Waals surface area contributed by atoms with E-state index in [1.807, 2.05) is 31.2 Å². The normalized spacial score (nSPS) is 15.6. The molecule has 3 amide bonds. The molecule has 8 nitrogen and oxygen atoms in total. The first-order chi connectivity index (χ1) is 14.5. The Morgan fingerprint density at radius 3 is 2.47 bits per heavy atom. The molecule has 1 heterocycles. The van der Waals surface area contributed by atoms with Gasteiger partial charge in [-0.25, -0.2) is 0 Å². The molecule has 0 saturated carbocycles. The van der Waals surface area contributed by atoms with E-state index in [9.17, 15) is 19.2 Å². The summed E-state index contributed by atoms with van der Waals surface area (Å²) in [6.45, 7) is 1.66. The van der Waals surface area contributed by atoms with Gasteiger partial charge in [-0.05, 0) is 30.2 Å². The van der Waals surface area contributed by atoms with Crippen LogP contribution in [0.3, 0.4) is 0 Å². The zero-order valence-electron chi connectivity index (χ0n) is 16.6. The zero-order chi connectivity index (χ0) is 21.5. The number of esters is 1. The smallest absolute Gasteiger partial charge is 0.311 e. The lowest BCUT2D eigenvalue weighted by Gasteiger charge is -2.19. The topological polar surface area (TPSA) is 105 Å². The van der Waals surface area contributed by atoms with Crippen LogP contribution in [0.25, 0.3) is 0 Å². The number of carbonyl (C=O) groups excluding carboxylic acids is 4. The van der Waals surface area contributed by atoms with E-state index >= 15 is 0 Å². The van der Waals surface area contributed by atoms with Crippen molar-refractivity contribution in [1.29, 1.82) is 0 Å². The third-order valence-electron chi connectivity index (χ3n) is 4.82. The number of benzene rings is 2. The maximum atomic E-state index is 12.4. The first kappa shape index (κ1) is 21.0. The molecule has 1 aliphatic rings. The summed E-state index contributed by atoms with van der Waals surface area (Å²) in [5.41, 5.74) is 6.64. The minimum absolute atomic E-state index is 0.0310. The number of ether oxygens (including phenoxy) is 1. The van der Waals surface area contributed by atoms with Gasteiger partial charge in [-0.15, -0.1) is 0 Å². The summed E-state index contributed by atoms with van der Waals surface area (Å²) >= 11 is 0. The Balaban J connectivity index is 1.47. The van der Waals surface area contributed by atoms with Crippen molar-refractivity contribution in [1.82, 2.24) is 10.9 Å². The van der Waals surface area contributed by atoms with E-state index in [-0.39, 0.29) is 18.9 Å². The van der Waals surface area contributed by atoms with Crippen molar-refractivity contribution in [3.05, 3.63) is 65.7 Å². The van der Waals surface area contributed by atoms with Crippen LogP contribution < -0.4 is 15.8 Å². The fraction of sp³-hybridized carbons (Fsp3) is 0.273. The highest BCUT2D eigenvalue weighted by molar-refractivity contribution is 6.00. The second kappa shape index (κ2) is 9.69. The summed E-state index contributed by atoms with van der Waals surface area (Å²) < 4.78 is 5.03. The summed E-state index contributed by atoms with van der Waals surface area (Å²) in [6, 6.07) is 15.9. The molecular formula is C22H23N3O5. The molecule has 0 aliphatic carbocycles. The van der Waals surface area contributed by atoms with Gasteiger partial charge in [0.2, 0.25) is 5.91 Å². The molecule has 2 N–H and O–H groups in total. The van der Waals surface area contributed by atoms with E-state index in [4.69, 9.17) is 4.74 Å². The van der Waals surface area contributed by atoms with E-state index in [0.29, 0.717) is 5.56 Å². The second-order valence-electron chi connectivity index (χ2n) is 6.86. The molecule has 0 aromatic heterocycles. The highest BCUT2D eigenvalue weighted by atomic mass is 16.5. The number of para-hydroxylation sites is 1. The van der Waals surface area contributed by atoms with Crippen LogP contribution in [0.15, 0.2) is 54.6 Å². The minimum atomic E-state index is -0.676. The average Bonchev–Trinajstić information content (AvgIpc) is 3.17. The maximum absolute atomic E-state index is 12.4. The highest BCUT2D eigenvalue weighted by Crippen LogP contribution is 2.29. The quantitative estimate of drug-likeness (QED) is 0.557. The largest absolute Gasteiger partial charge is 0.455 e. The van der Waals surface area contributed by atoms with E-state index in [1.54, 1.807) is 35.2 Å². The molecule has 1 saturated heterocycles. The zero-order valence-corrected chi connectivity index (χ0v) is 16.6. The average molecular weight is 409 g/mol. The standard InChI is InChI=1S/C22H23N3O5/c1-2-15-8-6-7-11-18(15)25-13-17(12-20(25)27)22(29)30-14-19(26)23-24-21(28)16-9-4-3-5-10-16/h3-11,17H,2,12-14H2,1H3,(H,23,26)(H,24,28)/t17-/m0/s1. The van der Waals surface area contributed by atoms with Gasteiger partial charge in [0.1, 0.15) is 0 Å². The Morgan fingerprint density at radius 2 is 1.73 bits per heavy atom. The molecular weight excluding hydrogens is 386 g/mol. The molecule has 1 fully saturated rings. The van der Waals surface area contributed by atoms with Crippen LogP contribution in [0.4, 0.5) is 5.69 Å². The van der Waals surface area contributed by atoms with Gasteiger partial charge >= 0.3 is 5.97 Å². The van der Waals surface area contributed by atoms with Crippen LogP contribution in [0.2, 0.25) is 0 Å². The van der Waals surface area contributed by atoms with Crippen LogP contribution in [0, 0.1) is 5.92 Å². The molecule has 0 unspecified atom stereocenters. The number of hydrogen-bond donors (Lipinski definition) is 2. The third kappa shape index (κ3) is 5.02. The van der Waals surface area contributed by atoms with Crippen LogP contribution in [0.1, 0.15) is 29.3 Å². The molecule has 2 aromatic carbocycles. The van der Waals surface area contributed by atoms with E-state index in [0.717, 1.165) is 17.7 Å². The Bertz CT molecular complexity index is 945.